The number of benzene rings is 2. The number of aliphatic imine (C=N–C) groups is 1. The highest BCUT2D eigenvalue weighted by Gasteiger charge is 2.24. The van der Waals surface area contributed by atoms with Crippen LogP contribution in [0.5, 0.6) is 0 Å². The Kier molecular flexibility index (Phi) is 4.67. The zero-order valence-electron chi connectivity index (χ0n) is 16.6. The van der Waals surface area contributed by atoms with Crippen molar-refractivity contribution in [3.05, 3.63) is 83.0 Å². The van der Waals surface area contributed by atoms with E-state index < -0.39 is 5.82 Å². The summed E-state index contributed by atoms with van der Waals surface area (Å²) in [5.74, 6) is 0.438. The maximum Gasteiger partial charge on any atom is 0.165 e. The van der Waals surface area contributed by atoms with E-state index in [9.17, 15) is 4.39 Å². The fourth-order valence-corrected chi connectivity index (χ4v) is 4.01. The molecule has 0 atom stereocenters. The Balaban J connectivity index is 1.67. The molecule has 0 aliphatic carbocycles. The van der Waals surface area contributed by atoms with Crippen molar-refractivity contribution >= 4 is 51.1 Å². The van der Waals surface area contributed by atoms with E-state index in [4.69, 9.17) is 17.3 Å². The third-order valence-electron chi connectivity index (χ3n) is 5.30. The van der Waals surface area contributed by atoms with Crippen molar-refractivity contribution in [3.8, 4) is 0 Å². The van der Waals surface area contributed by atoms with E-state index in [0.29, 0.717) is 24.0 Å². The molecule has 0 bridgehead atoms. The molecular formula is C23H18ClFN6. The summed E-state index contributed by atoms with van der Waals surface area (Å²) in [4.78, 5) is 15.4. The molecule has 0 amide bonds. The second-order valence-corrected chi connectivity index (χ2v) is 7.60. The molecule has 0 radical (unpaired) electrons. The number of amidine groups is 1. The van der Waals surface area contributed by atoms with Crippen molar-refractivity contribution in [1.82, 2.24) is 9.97 Å². The normalized spacial score (nSPS) is 13.1. The SMILES string of the molecule is Cc1ccc2c(Nc3cccc(Cl)c3F)nccc2c1N1CN=C(N)c2ncccc21. The van der Waals surface area contributed by atoms with Crippen LogP contribution in [0, 0.1) is 12.7 Å². The number of nitrogens with one attached hydrogen (secondary N) is 1. The zero-order chi connectivity index (χ0) is 21.5. The van der Waals surface area contributed by atoms with Crippen molar-refractivity contribution in [2.24, 2.45) is 10.7 Å². The van der Waals surface area contributed by atoms with Crippen LogP contribution in [0.25, 0.3) is 10.8 Å². The van der Waals surface area contributed by atoms with Gasteiger partial charge in [0, 0.05) is 23.2 Å². The molecule has 1 aliphatic heterocycles. The molecule has 31 heavy (non-hydrogen) atoms. The van der Waals surface area contributed by atoms with Gasteiger partial charge in [-0.25, -0.2) is 14.4 Å². The Labute approximate surface area is 183 Å². The Morgan fingerprint density at radius 3 is 2.77 bits per heavy atom. The second-order valence-electron chi connectivity index (χ2n) is 7.20. The molecule has 154 valence electrons. The highest BCUT2D eigenvalue weighted by molar-refractivity contribution is 6.31. The van der Waals surface area contributed by atoms with Crippen LogP contribution in [0.1, 0.15) is 11.3 Å². The quantitative estimate of drug-likeness (QED) is 0.460. The maximum absolute atomic E-state index is 14.5. The lowest BCUT2D eigenvalue weighted by Gasteiger charge is -2.30. The first kappa shape index (κ1) is 19.3. The predicted molar refractivity (Wildman–Crippen MR) is 123 cm³/mol. The third kappa shape index (κ3) is 3.23. The summed E-state index contributed by atoms with van der Waals surface area (Å²) in [7, 11) is 0. The molecule has 3 heterocycles. The molecule has 8 heteroatoms. The number of halogens is 2. The van der Waals surface area contributed by atoms with Crippen molar-refractivity contribution in [1.29, 1.82) is 0 Å². The van der Waals surface area contributed by atoms with Gasteiger partial charge in [0.2, 0.25) is 0 Å². The van der Waals surface area contributed by atoms with Gasteiger partial charge in [-0.15, -0.1) is 0 Å². The van der Waals surface area contributed by atoms with Crippen molar-refractivity contribution in [3.63, 3.8) is 0 Å². The van der Waals surface area contributed by atoms with E-state index in [1.165, 1.54) is 6.07 Å². The molecule has 0 fully saturated rings. The molecule has 2 aromatic carbocycles. The van der Waals surface area contributed by atoms with E-state index in [-0.39, 0.29) is 10.7 Å². The van der Waals surface area contributed by atoms with Crippen molar-refractivity contribution in [2.75, 3.05) is 16.9 Å². The Morgan fingerprint density at radius 2 is 1.90 bits per heavy atom. The number of anilines is 4. The smallest absolute Gasteiger partial charge is 0.165 e. The largest absolute Gasteiger partial charge is 0.382 e. The lowest BCUT2D eigenvalue weighted by molar-refractivity contribution is 0.632. The first-order chi connectivity index (χ1) is 15.0. The summed E-state index contributed by atoms with van der Waals surface area (Å²) in [6, 6.07) is 14.6. The number of rotatable bonds is 3. The molecule has 0 saturated carbocycles. The topological polar surface area (TPSA) is 79.4 Å². The first-order valence-electron chi connectivity index (χ1n) is 9.67. The van der Waals surface area contributed by atoms with Crippen LogP contribution in [0.2, 0.25) is 5.02 Å². The number of hydrogen-bond donors (Lipinski definition) is 2. The number of aromatic nitrogens is 2. The minimum atomic E-state index is -0.517. The monoisotopic (exact) mass is 432 g/mol. The second kappa shape index (κ2) is 7.52. The van der Waals surface area contributed by atoms with Crippen LogP contribution < -0.4 is 16.0 Å². The molecule has 6 nitrogen and oxygen atoms in total. The number of aryl methyl sites for hydroxylation is 1. The summed E-state index contributed by atoms with van der Waals surface area (Å²) in [5.41, 5.74) is 9.90. The van der Waals surface area contributed by atoms with Gasteiger partial charge in [-0.05, 0) is 42.8 Å². The molecule has 1 aliphatic rings. The molecule has 2 aromatic heterocycles. The highest BCUT2D eigenvalue weighted by atomic mass is 35.5. The van der Waals surface area contributed by atoms with Crippen LogP contribution in [0.15, 0.2) is 65.9 Å². The lowest BCUT2D eigenvalue weighted by atomic mass is 10.0. The number of fused-ring (bicyclic) bond motifs is 2. The summed E-state index contributed by atoms with van der Waals surface area (Å²) < 4.78 is 14.5. The van der Waals surface area contributed by atoms with Gasteiger partial charge in [-0.3, -0.25) is 4.98 Å². The van der Waals surface area contributed by atoms with Gasteiger partial charge in [-0.2, -0.15) is 0 Å². The molecule has 4 aromatic rings. The fourth-order valence-electron chi connectivity index (χ4n) is 3.83. The standard InChI is InChI=1S/C23H18ClFN6/c1-13-7-8-15-14(9-11-28-23(15)30-17-5-2-4-16(24)19(17)25)21(13)31-12-29-22(26)20-18(31)6-3-10-27-20/h2-11H,12H2,1H3,(H2,26,29)(H,28,30). The molecule has 5 rings (SSSR count). The highest BCUT2D eigenvalue weighted by Crippen LogP contribution is 2.39. The fraction of sp³-hybridized carbons (Fsp3) is 0.0870. The predicted octanol–water partition coefficient (Wildman–Crippen LogP) is 5.29. The van der Waals surface area contributed by atoms with Gasteiger partial charge in [0.05, 0.1) is 22.1 Å². The van der Waals surface area contributed by atoms with Crippen LogP contribution >= 0.6 is 11.6 Å². The number of hydrogen-bond acceptors (Lipinski definition) is 6. The van der Waals surface area contributed by atoms with E-state index in [1.54, 1.807) is 24.5 Å². The number of nitrogens with two attached hydrogens (primary N) is 1. The minimum absolute atomic E-state index is 0.0506. The Morgan fingerprint density at radius 1 is 1.03 bits per heavy atom. The van der Waals surface area contributed by atoms with E-state index in [2.05, 4.69) is 25.2 Å². The van der Waals surface area contributed by atoms with Crippen LogP contribution in [0.4, 0.5) is 27.3 Å². The maximum atomic E-state index is 14.5. The summed E-state index contributed by atoms with van der Waals surface area (Å²) in [6.45, 7) is 2.41. The Bertz CT molecular complexity index is 1350. The van der Waals surface area contributed by atoms with Crippen molar-refractivity contribution in [2.45, 2.75) is 6.92 Å². The Hall–Kier alpha value is -3.71. The molecule has 0 saturated heterocycles. The van der Waals surface area contributed by atoms with Crippen LogP contribution in [0.3, 0.4) is 0 Å². The summed E-state index contributed by atoms with van der Waals surface area (Å²) in [6.07, 6.45) is 3.40. The van der Waals surface area contributed by atoms with Gasteiger partial charge in [-0.1, -0.05) is 29.8 Å². The van der Waals surface area contributed by atoms with Gasteiger partial charge >= 0.3 is 0 Å². The van der Waals surface area contributed by atoms with Gasteiger partial charge in [0.25, 0.3) is 0 Å². The number of nitrogens with zero attached hydrogens (tertiary/aromatic N) is 4. The molecule has 3 N–H and O–H groups in total. The minimum Gasteiger partial charge on any atom is -0.382 e. The van der Waals surface area contributed by atoms with E-state index >= 15 is 0 Å². The number of pyridine rings is 2. The van der Waals surface area contributed by atoms with E-state index in [1.807, 2.05) is 37.3 Å². The van der Waals surface area contributed by atoms with Crippen molar-refractivity contribution < 1.29 is 4.39 Å². The molecule has 0 spiro atoms. The zero-order valence-corrected chi connectivity index (χ0v) is 17.4. The molecule has 0 unspecified atom stereocenters. The van der Waals surface area contributed by atoms with Crippen LogP contribution in [-0.2, 0) is 0 Å². The van der Waals surface area contributed by atoms with Gasteiger partial charge < -0.3 is 16.0 Å². The summed E-state index contributed by atoms with van der Waals surface area (Å²) >= 11 is 5.93. The van der Waals surface area contributed by atoms with E-state index in [0.717, 1.165) is 27.7 Å². The average molecular weight is 433 g/mol. The third-order valence-corrected chi connectivity index (χ3v) is 5.59. The lowest BCUT2D eigenvalue weighted by Crippen LogP contribution is -2.30. The summed E-state index contributed by atoms with van der Waals surface area (Å²) in [5, 5.41) is 4.93. The van der Waals surface area contributed by atoms with Crippen LogP contribution in [-0.4, -0.2) is 22.5 Å². The molecular weight excluding hydrogens is 415 g/mol. The van der Waals surface area contributed by atoms with Gasteiger partial charge in [0.1, 0.15) is 24.0 Å². The first-order valence-corrected chi connectivity index (χ1v) is 10.0. The average Bonchev–Trinajstić information content (AvgIpc) is 2.78. The van der Waals surface area contributed by atoms with Gasteiger partial charge in [0.15, 0.2) is 5.82 Å².